The lowest BCUT2D eigenvalue weighted by Crippen LogP contribution is -2.37. The number of rotatable bonds is 5. The molecule has 0 unspecified atom stereocenters. The van der Waals surface area contributed by atoms with Crippen LogP contribution >= 0.6 is 11.3 Å². The second-order valence-electron chi connectivity index (χ2n) is 8.06. The second kappa shape index (κ2) is 10.9. The molecule has 1 saturated heterocycles. The van der Waals surface area contributed by atoms with E-state index in [4.69, 9.17) is 0 Å². The number of hydrogen-bond donors (Lipinski definition) is 0. The monoisotopic (exact) mass is 457 g/mol. The van der Waals surface area contributed by atoms with E-state index in [9.17, 15) is 9.59 Å². The van der Waals surface area contributed by atoms with Gasteiger partial charge in [0.1, 0.15) is 5.69 Å². The Morgan fingerprint density at radius 2 is 1.73 bits per heavy atom. The second-order valence-corrected chi connectivity index (χ2v) is 8.95. The van der Waals surface area contributed by atoms with Gasteiger partial charge in [-0.05, 0) is 37.5 Å². The van der Waals surface area contributed by atoms with Crippen LogP contribution in [0.3, 0.4) is 0 Å². The average Bonchev–Trinajstić information content (AvgIpc) is 3.37. The predicted octanol–water partition coefficient (Wildman–Crippen LogP) is 4.56. The molecule has 1 aromatic heterocycles. The molecule has 0 bridgehead atoms. The first-order valence-corrected chi connectivity index (χ1v) is 12.2. The van der Waals surface area contributed by atoms with Crippen LogP contribution in [-0.4, -0.2) is 46.2 Å². The molecule has 0 N–H and O–H groups in total. The largest absolute Gasteiger partial charge is 0.333 e. The zero-order valence-electron chi connectivity index (χ0n) is 18.7. The van der Waals surface area contributed by atoms with Crippen molar-refractivity contribution in [3.63, 3.8) is 0 Å². The molecule has 0 saturated carbocycles. The van der Waals surface area contributed by atoms with E-state index in [1.165, 1.54) is 0 Å². The summed E-state index contributed by atoms with van der Waals surface area (Å²) in [5.74, 6) is 5.80. The molecule has 0 radical (unpaired) electrons. The van der Waals surface area contributed by atoms with Crippen molar-refractivity contribution >= 4 is 23.2 Å². The molecule has 6 heteroatoms. The maximum Gasteiger partial charge on any atom is 0.298 e. The average molecular weight is 458 g/mol. The number of carbonyl (C=O) groups excluding carboxylic acids is 2. The van der Waals surface area contributed by atoms with E-state index in [0.29, 0.717) is 31.9 Å². The number of carbonyl (C=O) groups is 2. The number of thiazole rings is 1. The van der Waals surface area contributed by atoms with Crippen LogP contribution in [0.15, 0.2) is 66.0 Å². The van der Waals surface area contributed by atoms with Crippen molar-refractivity contribution < 1.29 is 9.59 Å². The molecule has 1 aliphatic heterocycles. The number of benzene rings is 2. The highest BCUT2D eigenvalue weighted by Gasteiger charge is 2.26. The van der Waals surface area contributed by atoms with Crippen LogP contribution in [0.1, 0.15) is 52.3 Å². The number of nitrogens with zero attached hydrogens (tertiary/aromatic N) is 3. The highest BCUT2D eigenvalue weighted by Crippen LogP contribution is 2.30. The fourth-order valence-corrected chi connectivity index (χ4v) is 4.89. The van der Waals surface area contributed by atoms with E-state index in [2.05, 4.69) is 16.8 Å². The summed E-state index contributed by atoms with van der Waals surface area (Å²) in [5.41, 5.74) is 2.46. The molecule has 0 aliphatic carbocycles. The number of hydrogen-bond acceptors (Lipinski definition) is 4. The summed E-state index contributed by atoms with van der Waals surface area (Å²) >= 11 is 1.55. The minimum atomic E-state index is -0.133. The van der Waals surface area contributed by atoms with E-state index in [0.717, 1.165) is 29.0 Å². The maximum absolute atomic E-state index is 13.0. The summed E-state index contributed by atoms with van der Waals surface area (Å²) in [7, 11) is 0. The van der Waals surface area contributed by atoms with Crippen LogP contribution < -0.4 is 0 Å². The first kappa shape index (κ1) is 22.8. The molecule has 2 amide bonds. The standard InChI is InChI=1S/C27H27N3O2S/c1-2-29(19-22-11-7-4-8-12-22)27(32)24-20-33-26(28-24)23-15-17-30(18-16-23)25(31)14-13-21-9-5-3-6-10-21/h3-12,20,23H,2,15-19H2,1H3. The molecular formula is C27H27N3O2S. The highest BCUT2D eigenvalue weighted by atomic mass is 32.1. The van der Waals surface area contributed by atoms with Gasteiger partial charge in [-0.15, -0.1) is 11.3 Å². The van der Waals surface area contributed by atoms with Crippen LogP contribution in [0.4, 0.5) is 0 Å². The van der Waals surface area contributed by atoms with E-state index in [-0.39, 0.29) is 17.7 Å². The van der Waals surface area contributed by atoms with Crippen LogP contribution in [0.2, 0.25) is 0 Å². The molecule has 2 aromatic carbocycles. The summed E-state index contributed by atoms with van der Waals surface area (Å²) < 4.78 is 0. The van der Waals surface area contributed by atoms with Crippen molar-refractivity contribution in [1.29, 1.82) is 0 Å². The Morgan fingerprint density at radius 3 is 2.39 bits per heavy atom. The zero-order valence-corrected chi connectivity index (χ0v) is 19.6. The van der Waals surface area contributed by atoms with Gasteiger partial charge in [0.25, 0.3) is 11.8 Å². The Bertz CT molecular complexity index is 1140. The topological polar surface area (TPSA) is 53.5 Å². The Kier molecular flexibility index (Phi) is 7.54. The maximum atomic E-state index is 13.0. The van der Waals surface area contributed by atoms with Gasteiger partial charge in [0, 0.05) is 49.0 Å². The fourth-order valence-electron chi connectivity index (χ4n) is 3.92. The Balaban J connectivity index is 1.33. The van der Waals surface area contributed by atoms with Crippen molar-refractivity contribution in [2.24, 2.45) is 0 Å². The quantitative estimate of drug-likeness (QED) is 0.528. The van der Waals surface area contributed by atoms with E-state index >= 15 is 0 Å². The van der Waals surface area contributed by atoms with Gasteiger partial charge >= 0.3 is 0 Å². The molecule has 2 heterocycles. The minimum Gasteiger partial charge on any atom is -0.333 e. The predicted molar refractivity (Wildman–Crippen MR) is 131 cm³/mol. The summed E-state index contributed by atoms with van der Waals surface area (Å²) in [6.45, 7) is 4.51. The van der Waals surface area contributed by atoms with Crippen LogP contribution in [-0.2, 0) is 11.3 Å². The molecule has 4 rings (SSSR count). The normalized spacial score (nSPS) is 13.8. The highest BCUT2D eigenvalue weighted by molar-refractivity contribution is 7.09. The summed E-state index contributed by atoms with van der Waals surface area (Å²) in [6, 6.07) is 19.5. The third-order valence-electron chi connectivity index (χ3n) is 5.85. The van der Waals surface area contributed by atoms with Gasteiger partial charge in [0.2, 0.25) is 0 Å². The molecule has 1 aliphatic rings. The number of piperidine rings is 1. The lowest BCUT2D eigenvalue weighted by Gasteiger charge is -2.29. The van der Waals surface area contributed by atoms with Gasteiger partial charge in [0.05, 0.1) is 5.01 Å². The summed E-state index contributed by atoms with van der Waals surface area (Å²) in [4.78, 5) is 33.8. The third-order valence-corrected chi connectivity index (χ3v) is 6.85. The molecule has 5 nitrogen and oxygen atoms in total. The van der Waals surface area contributed by atoms with Crippen LogP contribution in [0, 0.1) is 11.8 Å². The first-order chi connectivity index (χ1) is 16.1. The van der Waals surface area contributed by atoms with Crippen molar-refractivity contribution in [2.75, 3.05) is 19.6 Å². The summed E-state index contributed by atoms with van der Waals surface area (Å²) in [6.07, 6.45) is 1.67. The van der Waals surface area contributed by atoms with Crippen LogP contribution in [0.25, 0.3) is 0 Å². The Morgan fingerprint density at radius 1 is 1.06 bits per heavy atom. The zero-order chi connectivity index (χ0) is 23.0. The van der Waals surface area contributed by atoms with Crippen molar-refractivity contribution in [3.8, 4) is 11.8 Å². The smallest absolute Gasteiger partial charge is 0.298 e. The van der Waals surface area contributed by atoms with Gasteiger partial charge in [0.15, 0.2) is 0 Å². The molecule has 168 valence electrons. The fraction of sp³-hybridized carbons (Fsp3) is 0.296. The third kappa shape index (κ3) is 5.88. The molecular weight excluding hydrogens is 430 g/mol. The minimum absolute atomic E-state index is 0.0346. The van der Waals surface area contributed by atoms with Crippen molar-refractivity contribution in [3.05, 3.63) is 87.9 Å². The van der Waals surface area contributed by atoms with Gasteiger partial charge in [-0.3, -0.25) is 9.59 Å². The van der Waals surface area contributed by atoms with Gasteiger partial charge in [-0.25, -0.2) is 4.98 Å². The molecule has 1 fully saturated rings. The number of aromatic nitrogens is 1. The Labute approximate surface area is 199 Å². The van der Waals surface area contributed by atoms with Gasteiger partial charge in [-0.1, -0.05) is 54.5 Å². The lowest BCUT2D eigenvalue weighted by molar-refractivity contribution is -0.126. The Hall–Kier alpha value is -3.43. The van der Waals surface area contributed by atoms with E-state index in [1.807, 2.05) is 82.8 Å². The van der Waals surface area contributed by atoms with E-state index < -0.39 is 0 Å². The van der Waals surface area contributed by atoms with Gasteiger partial charge < -0.3 is 9.80 Å². The lowest BCUT2D eigenvalue weighted by atomic mass is 9.97. The summed E-state index contributed by atoms with van der Waals surface area (Å²) in [5, 5.41) is 2.85. The van der Waals surface area contributed by atoms with Crippen molar-refractivity contribution in [2.45, 2.75) is 32.2 Å². The number of amides is 2. The first-order valence-electron chi connectivity index (χ1n) is 11.3. The van der Waals surface area contributed by atoms with Crippen molar-refractivity contribution in [1.82, 2.24) is 14.8 Å². The molecule has 33 heavy (non-hydrogen) atoms. The molecule has 0 spiro atoms. The van der Waals surface area contributed by atoms with Crippen LogP contribution in [0.5, 0.6) is 0 Å². The number of likely N-dealkylation sites (tertiary alicyclic amines) is 1. The van der Waals surface area contributed by atoms with E-state index in [1.54, 1.807) is 11.3 Å². The molecule has 0 atom stereocenters. The van der Waals surface area contributed by atoms with Gasteiger partial charge in [-0.2, -0.15) is 0 Å². The SMILES string of the molecule is CCN(Cc1ccccc1)C(=O)c1csc(C2CCN(C(=O)C#Cc3ccccc3)CC2)n1. The molecule has 3 aromatic rings.